The number of amides is 1. The average Bonchev–Trinajstić information content (AvgIpc) is 3.23. The summed E-state index contributed by atoms with van der Waals surface area (Å²) in [5.41, 5.74) is 6.92. The van der Waals surface area contributed by atoms with Crippen molar-refractivity contribution in [3.05, 3.63) is 29.8 Å². The van der Waals surface area contributed by atoms with Gasteiger partial charge in [-0.3, -0.25) is 4.79 Å². The molecule has 1 amide bonds. The molecule has 114 valence electrons. The zero-order valence-electron chi connectivity index (χ0n) is 12.4. The summed E-state index contributed by atoms with van der Waals surface area (Å²) in [7, 11) is 0. The molecule has 0 heterocycles. The van der Waals surface area contributed by atoms with E-state index in [1.807, 2.05) is 24.3 Å². The zero-order chi connectivity index (χ0) is 14.7. The number of hydrogen-bond acceptors (Lipinski definition) is 3. The van der Waals surface area contributed by atoms with Crippen LogP contribution in [0.25, 0.3) is 0 Å². The van der Waals surface area contributed by atoms with Crippen molar-refractivity contribution >= 4 is 5.91 Å². The second kappa shape index (κ2) is 6.48. The molecule has 3 N–H and O–H groups in total. The standard InChI is InChI=1S/C17H24N2O2/c18-15-8-7-13(9-15)17(20)19-10-14-3-1-2-4-16(14)21-11-12-5-6-12/h1-4,12-13,15H,5-11,18H2,(H,19,20). The molecule has 0 aliphatic heterocycles. The number of carbonyl (C=O) groups excluding carboxylic acids is 1. The first-order valence-corrected chi connectivity index (χ1v) is 7.96. The molecule has 1 aromatic rings. The van der Waals surface area contributed by atoms with Gasteiger partial charge in [0, 0.05) is 24.1 Å². The lowest BCUT2D eigenvalue weighted by molar-refractivity contribution is -0.125. The van der Waals surface area contributed by atoms with Crippen molar-refractivity contribution in [3.63, 3.8) is 0 Å². The van der Waals surface area contributed by atoms with Gasteiger partial charge in [-0.25, -0.2) is 0 Å². The number of nitrogens with one attached hydrogen (secondary N) is 1. The van der Waals surface area contributed by atoms with Crippen LogP contribution in [0.15, 0.2) is 24.3 Å². The summed E-state index contributed by atoms with van der Waals surface area (Å²) in [5.74, 6) is 1.83. The van der Waals surface area contributed by atoms with Crippen LogP contribution in [-0.2, 0) is 11.3 Å². The minimum Gasteiger partial charge on any atom is -0.493 e. The van der Waals surface area contributed by atoms with Crippen LogP contribution in [-0.4, -0.2) is 18.6 Å². The van der Waals surface area contributed by atoms with Gasteiger partial charge in [0.2, 0.25) is 5.91 Å². The summed E-state index contributed by atoms with van der Waals surface area (Å²) in [4.78, 5) is 12.1. The van der Waals surface area contributed by atoms with E-state index < -0.39 is 0 Å². The summed E-state index contributed by atoms with van der Waals surface area (Å²) in [5, 5.41) is 3.03. The molecule has 0 spiro atoms. The van der Waals surface area contributed by atoms with E-state index in [-0.39, 0.29) is 17.9 Å². The van der Waals surface area contributed by atoms with Gasteiger partial charge < -0.3 is 15.8 Å². The predicted octanol–water partition coefficient (Wildman–Crippen LogP) is 2.22. The van der Waals surface area contributed by atoms with Crippen LogP contribution in [0.1, 0.15) is 37.7 Å². The van der Waals surface area contributed by atoms with Crippen LogP contribution in [0, 0.1) is 11.8 Å². The molecule has 1 aromatic carbocycles. The molecule has 4 nitrogen and oxygen atoms in total. The minimum atomic E-state index is 0.0829. The lowest BCUT2D eigenvalue weighted by Gasteiger charge is -2.14. The largest absolute Gasteiger partial charge is 0.493 e. The first-order chi connectivity index (χ1) is 10.2. The van der Waals surface area contributed by atoms with E-state index in [1.54, 1.807) is 0 Å². The summed E-state index contributed by atoms with van der Waals surface area (Å²) in [6.45, 7) is 1.33. The highest BCUT2D eigenvalue weighted by Gasteiger charge is 2.27. The Morgan fingerprint density at radius 2 is 2.05 bits per heavy atom. The minimum absolute atomic E-state index is 0.0829. The topological polar surface area (TPSA) is 64.4 Å². The SMILES string of the molecule is NC1CCC(C(=O)NCc2ccccc2OCC2CC2)C1. The Balaban J connectivity index is 1.52. The van der Waals surface area contributed by atoms with Crippen LogP contribution in [0.4, 0.5) is 0 Å². The third kappa shape index (κ3) is 3.97. The fourth-order valence-electron chi connectivity index (χ4n) is 2.86. The Labute approximate surface area is 126 Å². The van der Waals surface area contributed by atoms with E-state index in [9.17, 15) is 4.79 Å². The highest BCUT2D eigenvalue weighted by atomic mass is 16.5. The van der Waals surface area contributed by atoms with Gasteiger partial charge >= 0.3 is 0 Å². The van der Waals surface area contributed by atoms with E-state index in [1.165, 1.54) is 12.8 Å². The first-order valence-electron chi connectivity index (χ1n) is 7.96. The molecule has 0 bridgehead atoms. The number of benzene rings is 1. The second-order valence-corrected chi connectivity index (χ2v) is 6.35. The van der Waals surface area contributed by atoms with Crippen molar-refractivity contribution < 1.29 is 9.53 Å². The molecule has 4 heteroatoms. The normalized spacial score (nSPS) is 24.8. The van der Waals surface area contributed by atoms with E-state index in [4.69, 9.17) is 10.5 Å². The summed E-state index contributed by atoms with van der Waals surface area (Å²) in [6.07, 6.45) is 5.24. The van der Waals surface area contributed by atoms with Crippen LogP contribution >= 0.6 is 0 Å². The van der Waals surface area contributed by atoms with Crippen molar-refractivity contribution in [3.8, 4) is 5.75 Å². The molecule has 3 rings (SSSR count). The Hall–Kier alpha value is -1.55. The fraction of sp³-hybridized carbons (Fsp3) is 0.588. The van der Waals surface area contributed by atoms with E-state index in [2.05, 4.69) is 5.32 Å². The van der Waals surface area contributed by atoms with Gasteiger partial charge in [-0.15, -0.1) is 0 Å². The van der Waals surface area contributed by atoms with Gasteiger partial charge in [0.25, 0.3) is 0 Å². The summed E-state index contributed by atoms with van der Waals surface area (Å²) >= 11 is 0. The molecule has 2 aliphatic carbocycles. The summed E-state index contributed by atoms with van der Waals surface area (Å²) < 4.78 is 5.86. The second-order valence-electron chi connectivity index (χ2n) is 6.35. The van der Waals surface area contributed by atoms with Crippen LogP contribution in [0.3, 0.4) is 0 Å². The maximum Gasteiger partial charge on any atom is 0.223 e. The van der Waals surface area contributed by atoms with Gasteiger partial charge in [-0.1, -0.05) is 18.2 Å². The van der Waals surface area contributed by atoms with Gasteiger partial charge in [0.1, 0.15) is 5.75 Å². The lowest BCUT2D eigenvalue weighted by Crippen LogP contribution is -2.30. The quantitative estimate of drug-likeness (QED) is 0.843. The van der Waals surface area contributed by atoms with E-state index in [0.29, 0.717) is 6.54 Å². The lowest BCUT2D eigenvalue weighted by atomic mass is 10.1. The Morgan fingerprint density at radius 1 is 1.24 bits per heavy atom. The van der Waals surface area contributed by atoms with Crippen molar-refractivity contribution in [2.75, 3.05) is 6.61 Å². The molecule has 2 saturated carbocycles. The third-order valence-electron chi connectivity index (χ3n) is 4.44. The molecule has 0 saturated heterocycles. The van der Waals surface area contributed by atoms with Crippen molar-refractivity contribution in [1.82, 2.24) is 5.32 Å². The van der Waals surface area contributed by atoms with E-state index >= 15 is 0 Å². The third-order valence-corrected chi connectivity index (χ3v) is 4.44. The molecule has 2 fully saturated rings. The molecule has 0 radical (unpaired) electrons. The molecular weight excluding hydrogens is 264 g/mol. The van der Waals surface area contributed by atoms with Gasteiger partial charge in [-0.2, -0.15) is 0 Å². The fourth-order valence-corrected chi connectivity index (χ4v) is 2.86. The molecule has 21 heavy (non-hydrogen) atoms. The van der Waals surface area contributed by atoms with Crippen LogP contribution in [0.5, 0.6) is 5.75 Å². The Bertz CT molecular complexity index is 499. The molecule has 2 atom stereocenters. The monoisotopic (exact) mass is 288 g/mol. The number of hydrogen-bond donors (Lipinski definition) is 2. The maximum atomic E-state index is 12.1. The first kappa shape index (κ1) is 14.4. The smallest absolute Gasteiger partial charge is 0.223 e. The summed E-state index contributed by atoms with van der Waals surface area (Å²) in [6, 6.07) is 8.15. The predicted molar refractivity (Wildman–Crippen MR) is 81.8 cm³/mol. The number of carbonyl (C=O) groups is 1. The zero-order valence-corrected chi connectivity index (χ0v) is 12.4. The molecule has 2 unspecified atom stereocenters. The van der Waals surface area contributed by atoms with E-state index in [0.717, 1.165) is 43.1 Å². The van der Waals surface area contributed by atoms with Crippen molar-refractivity contribution in [2.45, 2.75) is 44.7 Å². The number of ether oxygens (including phenoxy) is 1. The highest BCUT2D eigenvalue weighted by molar-refractivity contribution is 5.79. The van der Waals surface area contributed by atoms with Gasteiger partial charge in [-0.05, 0) is 44.1 Å². The van der Waals surface area contributed by atoms with Gasteiger partial charge in [0.05, 0.1) is 6.61 Å². The van der Waals surface area contributed by atoms with Crippen molar-refractivity contribution in [2.24, 2.45) is 17.6 Å². The number of nitrogens with two attached hydrogens (primary N) is 1. The molecule has 2 aliphatic rings. The highest BCUT2D eigenvalue weighted by Crippen LogP contribution is 2.30. The number of para-hydroxylation sites is 1. The van der Waals surface area contributed by atoms with Crippen LogP contribution in [0.2, 0.25) is 0 Å². The maximum absolute atomic E-state index is 12.1. The molecule has 0 aromatic heterocycles. The average molecular weight is 288 g/mol. The van der Waals surface area contributed by atoms with Crippen LogP contribution < -0.4 is 15.8 Å². The Kier molecular flexibility index (Phi) is 4.44. The molecular formula is C17H24N2O2. The Morgan fingerprint density at radius 3 is 2.76 bits per heavy atom. The van der Waals surface area contributed by atoms with Gasteiger partial charge in [0.15, 0.2) is 0 Å². The number of rotatable bonds is 6. The van der Waals surface area contributed by atoms with Crippen molar-refractivity contribution in [1.29, 1.82) is 0 Å².